The van der Waals surface area contributed by atoms with Crippen LogP contribution in [0.1, 0.15) is 30.5 Å². The number of methoxy groups -OCH3 is 4. The van der Waals surface area contributed by atoms with Crippen molar-refractivity contribution in [1.29, 1.82) is 0 Å². The molecule has 3 aromatic rings. The Labute approximate surface area is 249 Å². The van der Waals surface area contributed by atoms with Gasteiger partial charge in [0.15, 0.2) is 0 Å². The van der Waals surface area contributed by atoms with Gasteiger partial charge in [0, 0.05) is 28.4 Å². The van der Waals surface area contributed by atoms with Gasteiger partial charge in [0.2, 0.25) is 0 Å². The maximum atomic E-state index is 7.08. The van der Waals surface area contributed by atoms with Crippen LogP contribution in [0.4, 0.5) is 0 Å². The molecule has 0 fully saturated rings. The van der Waals surface area contributed by atoms with Gasteiger partial charge in [0.25, 0.3) is 0 Å². The van der Waals surface area contributed by atoms with Gasteiger partial charge in [-0.1, -0.05) is 105 Å². The fourth-order valence-electron chi connectivity index (χ4n) is 5.19. The first-order chi connectivity index (χ1) is 19.6. The van der Waals surface area contributed by atoms with E-state index in [1.165, 1.54) is 0 Å². The quantitative estimate of drug-likeness (QED) is 0.119. The number of rotatable bonds is 18. The standard InChI is InChI=1S/C33H44O5S2/c1-7-39-32(40-8-2)31(37-6)30(36-5)29(35-4)28(34-3)24-38-33(25-18-12-9-13-19-25,26-20-14-10-15-21-26)27-22-16-11-17-23-27/h9-23,28-32H,7-8,24H2,1-6H3/t28-,29-,30+,31-/m1/s1. The third kappa shape index (κ3) is 7.71. The van der Waals surface area contributed by atoms with Crippen LogP contribution in [0.5, 0.6) is 0 Å². The molecule has 218 valence electrons. The first kappa shape index (κ1) is 32.7. The van der Waals surface area contributed by atoms with Crippen molar-refractivity contribution in [2.24, 2.45) is 0 Å². The minimum Gasteiger partial charge on any atom is -0.377 e. The zero-order valence-corrected chi connectivity index (χ0v) is 26.2. The Morgan fingerprint density at radius 2 is 0.950 bits per heavy atom. The van der Waals surface area contributed by atoms with Gasteiger partial charge in [-0.15, -0.1) is 23.5 Å². The molecule has 3 aromatic carbocycles. The Morgan fingerprint density at radius 3 is 1.27 bits per heavy atom. The number of ether oxygens (including phenoxy) is 5. The maximum Gasteiger partial charge on any atom is 0.143 e. The smallest absolute Gasteiger partial charge is 0.143 e. The number of thioether (sulfide) groups is 2. The van der Waals surface area contributed by atoms with E-state index in [9.17, 15) is 0 Å². The van der Waals surface area contributed by atoms with Crippen LogP contribution in [0.3, 0.4) is 0 Å². The van der Waals surface area contributed by atoms with Crippen LogP contribution >= 0.6 is 23.5 Å². The van der Waals surface area contributed by atoms with Gasteiger partial charge in [-0.25, -0.2) is 0 Å². The predicted octanol–water partition coefficient (Wildman–Crippen LogP) is 6.89. The molecule has 0 N–H and O–H groups in total. The highest BCUT2D eigenvalue weighted by Crippen LogP contribution is 2.41. The molecular formula is C33H44O5S2. The molecule has 0 saturated carbocycles. The number of benzene rings is 3. The summed E-state index contributed by atoms with van der Waals surface area (Å²) in [7, 11) is 6.85. The van der Waals surface area contributed by atoms with E-state index < -0.39 is 17.8 Å². The predicted molar refractivity (Wildman–Crippen MR) is 168 cm³/mol. The average molecular weight is 585 g/mol. The molecule has 0 aliphatic heterocycles. The van der Waals surface area contributed by atoms with Gasteiger partial charge in [0.1, 0.15) is 30.0 Å². The van der Waals surface area contributed by atoms with E-state index in [4.69, 9.17) is 23.7 Å². The molecule has 0 amide bonds. The van der Waals surface area contributed by atoms with E-state index in [1.54, 1.807) is 28.4 Å². The molecule has 0 saturated heterocycles. The molecule has 0 radical (unpaired) electrons. The van der Waals surface area contributed by atoms with Crippen LogP contribution in [0, 0.1) is 0 Å². The molecule has 5 nitrogen and oxygen atoms in total. The molecule has 0 bridgehead atoms. The zero-order chi connectivity index (χ0) is 28.8. The van der Waals surface area contributed by atoms with Crippen LogP contribution in [0.15, 0.2) is 91.0 Å². The fraction of sp³-hybridized carbons (Fsp3) is 0.455. The monoisotopic (exact) mass is 584 g/mol. The molecule has 0 heterocycles. The van der Waals surface area contributed by atoms with Gasteiger partial charge in [0.05, 0.1) is 11.2 Å². The Balaban J connectivity index is 2.03. The van der Waals surface area contributed by atoms with E-state index in [0.717, 1.165) is 28.2 Å². The Morgan fingerprint density at radius 1 is 0.550 bits per heavy atom. The van der Waals surface area contributed by atoms with E-state index >= 15 is 0 Å². The topological polar surface area (TPSA) is 46.2 Å². The molecule has 40 heavy (non-hydrogen) atoms. The summed E-state index contributed by atoms with van der Waals surface area (Å²) in [6.45, 7) is 4.59. The summed E-state index contributed by atoms with van der Waals surface area (Å²) in [4.78, 5) is 0. The minimum absolute atomic E-state index is 0.193. The van der Waals surface area contributed by atoms with Crippen molar-refractivity contribution in [1.82, 2.24) is 0 Å². The third-order valence-electron chi connectivity index (χ3n) is 7.07. The summed E-state index contributed by atoms with van der Waals surface area (Å²) in [5.74, 6) is 1.96. The first-order valence-corrected chi connectivity index (χ1v) is 15.9. The van der Waals surface area contributed by atoms with Gasteiger partial charge in [-0.05, 0) is 28.2 Å². The minimum atomic E-state index is -0.860. The summed E-state index contributed by atoms with van der Waals surface area (Å²) in [6.07, 6.45) is -1.43. The summed E-state index contributed by atoms with van der Waals surface area (Å²) in [6, 6.07) is 31.0. The highest BCUT2D eigenvalue weighted by Gasteiger charge is 2.43. The third-order valence-corrected chi connectivity index (χ3v) is 9.75. The molecular weight excluding hydrogens is 540 g/mol. The van der Waals surface area contributed by atoms with Crippen molar-refractivity contribution >= 4 is 23.5 Å². The Hall–Kier alpha value is -1.84. The highest BCUT2D eigenvalue weighted by molar-refractivity contribution is 8.17. The van der Waals surface area contributed by atoms with Gasteiger partial charge in [-0.2, -0.15) is 0 Å². The number of hydrogen-bond donors (Lipinski definition) is 0. The van der Waals surface area contributed by atoms with Gasteiger partial charge in [-0.3, -0.25) is 0 Å². The van der Waals surface area contributed by atoms with E-state index in [-0.39, 0.29) is 23.4 Å². The second kappa shape index (κ2) is 17.2. The maximum absolute atomic E-state index is 7.08. The van der Waals surface area contributed by atoms with Crippen molar-refractivity contribution in [3.05, 3.63) is 108 Å². The highest BCUT2D eigenvalue weighted by atomic mass is 32.2. The Kier molecular flexibility index (Phi) is 14.0. The molecule has 4 atom stereocenters. The first-order valence-electron chi connectivity index (χ1n) is 13.8. The van der Waals surface area contributed by atoms with Crippen molar-refractivity contribution in [3.63, 3.8) is 0 Å². The van der Waals surface area contributed by atoms with E-state index in [2.05, 4.69) is 50.2 Å². The molecule has 0 unspecified atom stereocenters. The lowest BCUT2D eigenvalue weighted by atomic mass is 9.80. The zero-order valence-electron chi connectivity index (χ0n) is 24.5. The lowest BCUT2D eigenvalue weighted by molar-refractivity contribution is -0.166. The second-order valence-corrected chi connectivity index (χ2v) is 12.4. The Bertz CT molecular complexity index is 967. The van der Waals surface area contributed by atoms with Gasteiger partial charge < -0.3 is 23.7 Å². The second-order valence-electron chi connectivity index (χ2n) is 9.24. The van der Waals surface area contributed by atoms with E-state index in [1.807, 2.05) is 78.1 Å². The van der Waals surface area contributed by atoms with Crippen molar-refractivity contribution in [2.75, 3.05) is 46.6 Å². The summed E-state index contributed by atoms with van der Waals surface area (Å²) >= 11 is 3.73. The summed E-state index contributed by atoms with van der Waals surface area (Å²) in [5.41, 5.74) is 2.25. The average Bonchev–Trinajstić information content (AvgIpc) is 3.01. The van der Waals surface area contributed by atoms with Crippen LogP contribution in [-0.4, -0.2) is 75.5 Å². The van der Waals surface area contributed by atoms with Crippen molar-refractivity contribution in [2.45, 2.75) is 48.4 Å². The molecule has 3 rings (SSSR count). The largest absolute Gasteiger partial charge is 0.377 e. The van der Waals surface area contributed by atoms with Crippen LogP contribution in [0.25, 0.3) is 0 Å². The van der Waals surface area contributed by atoms with Crippen molar-refractivity contribution in [3.8, 4) is 0 Å². The molecule has 0 aromatic heterocycles. The van der Waals surface area contributed by atoms with Crippen LogP contribution < -0.4 is 0 Å². The van der Waals surface area contributed by atoms with E-state index in [0.29, 0.717) is 0 Å². The van der Waals surface area contributed by atoms with Crippen LogP contribution in [0.2, 0.25) is 0 Å². The lowest BCUT2D eigenvalue weighted by Crippen LogP contribution is -2.53. The van der Waals surface area contributed by atoms with Crippen LogP contribution in [-0.2, 0) is 29.3 Å². The molecule has 7 heteroatoms. The molecule has 0 aliphatic carbocycles. The van der Waals surface area contributed by atoms with Gasteiger partial charge >= 0.3 is 0 Å². The molecule has 0 aliphatic rings. The summed E-state index contributed by atoms with van der Waals surface area (Å²) < 4.78 is 31.6. The number of hydrogen-bond acceptors (Lipinski definition) is 7. The normalized spacial score (nSPS) is 15.1. The SMILES string of the molecule is CCSC(SCC)[C@H](OC)[C@@H](OC)[C@H](OC)[C@@H](COC(c1ccccc1)(c1ccccc1)c1ccccc1)OC. The lowest BCUT2D eigenvalue weighted by Gasteiger charge is -2.40. The van der Waals surface area contributed by atoms with Crippen molar-refractivity contribution < 1.29 is 23.7 Å². The fourth-order valence-corrected chi connectivity index (χ4v) is 7.96. The molecule has 0 spiro atoms. The summed E-state index contributed by atoms with van der Waals surface area (Å²) in [5, 5.41) is 0.